The van der Waals surface area contributed by atoms with Crippen molar-refractivity contribution in [1.82, 2.24) is 19.6 Å². The lowest BCUT2D eigenvalue weighted by atomic mass is 10.1. The molecule has 1 aromatic carbocycles. The zero-order valence-corrected chi connectivity index (χ0v) is 14.5. The Balaban J connectivity index is 1.68. The van der Waals surface area contributed by atoms with Crippen molar-refractivity contribution in [2.45, 2.75) is 6.92 Å². The van der Waals surface area contributed by atoms with Gasteiger partial charge in [0.15, 0.2) is 5.69 Å². The second kappa shape index (κ2) is 7.38. The molecule has 0 bridgehead atoms. The first-order valence-electron chi connectivity index (χ1n) is 8.40. The van der Waals surface area contributed by atoms with E-state index in [2.05, 4.69) is 5.10 Å². The van der Waals surface area contributed by atoms with Crippen LogP contribution in [0.25, 0.3) is 11.3 Å². The van der Waals surface area contributed by atoms with Crippen LogP contribution in [0.3, 0.4) is 0 Å². The number of hydrogen-bond donors (Lipinski definition) is 0. The molecule has 0 unspecified atom stereocenters. The van der Waals surface area contributed by atoms with Crippen molar-refractivity contribution in [2.75, 3.05) is 32.8 Å². The number of ether oxygens (including phenoxy) is 1. The molecule has 132 valence electrons. The summed E-state index contributed by atoms with van der Waals surface area (Å²) in [6, 6.07) is 11.7. The molecule has 7 nitrogen and oxygen atoms in total. The Labute approximate surface area is 146 Å². The van der Waals surface area contributed by atoms with E-state index < -0.39 is 0 Å². The summed E-state index contributed by atoms with van der Waals surface area (Å²) in [5, 5.41) is 4.37. The van der Waals surface area contributed by atoms with Crippen LogP contribution in [-0.2, 0) is 11.8 Å². The van der Waals surface area contributed by atoms with E-state index in [0.717, 1.165) is 11.3 Å². The van der Waals surface area contributed by atoms with Crippen LogP contribution in [0.4, 0.5) is 4.79 Å². The minimum absolute atomic E-state index is 0.110. The Morgan fingerprint density at radius 1 is 1.08 bits per heavy atom. The summed E-state index contributed by atoms with van der Waals surface area (Å²) < 4.78 is 6.72. The lowest BCUT2D eigenvalue weighted by molar-refractivity contribution is 0.0565. The highest BCUT2D eigenvalue weighted by Crippen LogP contribution is 2.20. The largest absolute Gasteiger partial charge is 0.450 e. The normalized spacial score (nSPS) is 14.5. The fourth-order valence-corrected chi connectivity index (χ4v) is 2.92. The summed E-state index contributed by atoms with van der Waals surface area (Å²) in [5.41, 5.74) is 2.34. The summed E-state index contributed by atoms with van der Waals surface area (Å²) in [5.74, 6) is -0.110. The maximum absolute atomic E-state index is 12.7. The zero-order chi connectivity index (χ0) is 17.8. The first kappa shape index (κ1) is 17.0. The van der Waals surface area contributed by atoms with Gasteiger partial charge in [0.1, 0.15) is 0 Å². The standard InChI is InChI=1S/C18H22N4O3/c1-3-25-18(24)22-11-9-21(10-12-22)17(23)15-13-16(20(2)19-15)14-7-5-4-6-8-14/h4-8,13H,3,9-12H2,1-2H3. The van der Waals surface area contributed by atoms with Crippen molar-refractivity contribution in [3.8, 4) is 11.3 Å². The Bertz CT molecular complexity index is 749. The molecular formula is C18H22N4O3. The molecule has 25 heavy (non-hydrogen) atoms. The molecule has 2 amide bonds. The van der Waals surface area contributed by atoms with Gasteiger partial charge in [0.05, 0.1) is 12.3 Å². The molecule has 0 N–H and O–H groups in total. The molecule has 1 aliphatic heterocycles. The van der Waals surface area contributed by atoms with Crippen LogP contribution < -0.4 is 0 Å². The van der Waals surface area contributed by atoms with E-state index in [4.69, 9.17) is 4.74 Å². The van der Waals surface area contributed by atoms with Crippen LogP contribution >= 0.6 is 0 Å². The highest BCUT2D eigenvalue weighted by atomic mass is 16.6. The number of hydrogen-bond acceptors (Lipinski definition) is 4. The first-order valence-corrected chi connectivity index (χ1v) is 8.40. The third-order valence-electron chi connectivity index (χ3n) is 4.26. The van der Waals surface area contributed by atoms with Crippen molar-refractivity contribution >= 4 is 12.0 Å². The monoisotopic (exact) mass is 342 g/mol. The summed E-state index contributed by atoms with van der Waals surface area (Å²) in [6.07, 6.45) is -0.321. The van der Waals surface area contributed by atoms with E-state index in [0.29, 0.717) is 38.5 Å². The Hall–Kier alpha value is -2.83. The second-order valence-corrected chi connectivity index (χ2v) is 5.88. The number of benzene rings is 1. The number of aromatic nitrogens is 2. The Kier molecular flexibility index (Phi) is 5.02. The zero-order valence-electron chi connectivity index (χ0n) is 14.5. The highest BCUT2D eigenvalue weighted by Gasteiger charge is 2.27. The lowest BCUT2D eigenvalue weighted by Crippen LogP contribution is -2.50. The smallest absolute Gasteiger partial charge is 0.409 e. The minimum Gasteiger partial charge on any atom is -0.450 e. The van der Waals surface area contributed by atoms with Crippen LogP contribution in [0.15, 0.2) is 36.4 Å². The SMILES string of the molecule is CCOC(=O)N1CCN(C(=O)c2cc(-c3ccccc3)n(C)n2)CC1. The predicted molar refractivity (Wildman–Crippen MR) is 93.1 cm³/mol. The number of nitrogens with zero attached hydrogens (tertiary/aromatic N) is 4. The second-order valence-electron chi connectivity index (χ2n) is 5.88. The number of aryl methyl sites for hydroxylation is 1. The molecule has 1 aliphatic rings. The molecule has 0 aliphatic carbocycles. The van der Waals surface area contributed by atoms with Crippen LogP contribution in [0.1, 0.15) is 17.4 Å². The van der Waals surface area contributed by atoms with Crippen LogP contribution in [-0.4, -0.2) is 64.4 Å². The molecule has 0 saturated carbocycles. The molecule has 0 radical (unpaired) electrons. The number of carbonyl (C=O) groups excluding carboxylic acids is 2. The number of piperazine rings is 1. The maximum atomic E-state index is 12.7. The maximum Gasteiger partial charge on any atom is 0.409 e. The van der Waals surface area contributed by atoms with Gasteiger partial charge in [-0.15, -0.1) is 0 Å². The molecule has 0 atom stereocenters. The van der Waals surface area contributed by atoms with Gasteiger partial charge in [-0.25, -0.2) is 4.79 Å². The summed E-state index contributed by atoms with van der Waals surface area (Å²) in [6.45, 7) is 4.05. The van der Waals surface area contributed by atoms with Gasteiger partial charge in [0.25, 0.3) is 5.91 Å². The van der Waals surface area contributed by atoms with Gasteiger partial charge in [0.2, 0.25) is 0 Å². The van der Waals surface area contributed by atoms with Gasteiger partial charge in [-0.3, -0.25) is 9.48 Å². The highest BCUT2D eigenvalue weighted by molar-refractivity contribution is 5.93. The van der Waals surface area contributed by atoms with E-state index in [1.54, 1.807) is 21.4 Å². The van der Waals surface area contributed by atoms with Gasteiger partial charge in [0, 0.05) is 33.2 Å². The van der Waals surface area contributed by atoms with Crippen molar-refractivity contribution in [2.24, 2.45) is 7.05 Å². The fourth-order valence-electron chi connectivity index (χ4n) is 2.92. The summed E-state index contributed by atoms with van der Waals surface area (Å²) >= 11 is 0. The molecule has 3 rings (SSSR count). The van der Waals surface area contributed by atoms with E-state index in [1.807, 2.05) is 43.4 Å². The fraction of sp³-hybridized carbons (Fsp3) is 0.389. The molecule has 7 heteroatoms. The molecule has 1 aromatic heterocycles. The summed E-state index contributed by atoms with van der Waals surface area (Å²) in [7, 11) is 1.83. The van der Waals surface area contributed by atoms with Gasteiger partial charge in [-0.05, 0) is 18.6 Å². The number of rotatable bonds is 3. The van der Waals surface area contributed by atoms with Crippen molar-refractivity contribution in [3.63, 3.8) is 0 Å². The molecule has 1 fully saturated rings. The van der Waals surface area contributed by atoms with Crippen LogP contribution in [0.5, 0.6) is 0 Å². The quantitative estimate of drug-likeness (QED) is 0.856. The van der Waals surface area contributed by atoms with Crippen LogP contribution in [0, 0.1) is 0 Å². The lowest BCUT2D eigenvalue weighted by Gasteiger charge is -2.33. The van der Waals surface area contributed by atoms with Gasteiger partial charge in [-0.1, -0.05) is 30.3 Å². The Morgan fingerprint density at radius 3 is 2.36 bits per heavy atom. The van der Waals surface area contributed by atoms with E-state index in [1.165, 1.54) is 0 Å². The number of carbonyl (C=O) groups is 2. The van der Waals surface area contributed by atoms with E-state index in [-0.39, 0.29) is 12.0 Å². The topological polar surface area (TPSA) is 67.7 Å². The van der Waals surface area contributed by atoms with Gasteiger partial charge < -0.3 is 14.5 Å². The first-order chi connectivity index (χ1) is 12.1. The predicted octanol–water partition coefficient (Wildman–Crippen LogP) is 2.00. The minimum atomic E-state index is -0.321. The molecule has 1 saturated heterocycles. The molecular weight excluding hydrogens is 320 g/mol. The third kappa shape index (κ3) is 3.65. The molecule has 2 aromatic rings. The number of amides is 2. The third-order valence-corrected chi connectivity index (χ3v) is 4.26. The van der Waals surface area contributed by atoms with E-state index >= 15 is 0 Å². The van der Waals surface area contributed by atoms with Gasteiger partial charge in [-0.2, -0.15) is 5.10 Å². The average Bonchev–Trinajstić information content (AvgIpc) is 3.04. The molecule has 2 heterocycles. The van der Waals surface area contributed by atoms with Gasteiger partial charge >= 0.3 is 6.09 Å². The summed E-state index contributed by atoms with van der Waals surface area (Å²) in [4.78, 5) is 27.8. The van der Waals surface area contributed by atoms with Crippen molar-refractivity contribution in [3.05, 3.63) is 42.1 Å². The molecule has 0 spiro atoms. The Morgan fingerprint density at radius 2 is 1.72 bits per heavy atom. The van der Waals surface area contributed by atoms with Crippen molar-refractivity contribution in [1.29, 1.82) is 0 Å². The average molecular weight is 342 g/mol. The van der Waals surface area contributed by atoms with E-state index in [9.17, 15) is 9.59 Å². The van der Waals surface area contributed by atoms with Crippen molar-refractivity contribution < 1.29 is 14.3 Å². The van der Waals surface area contributed by atoms with Crippen LogP contribution in [0.2, 0.25) is 0 Å².